The van der Waals surface area contributed by atoms with Crippen molar-refractivity contribution in [3.63, 3.8) is 0 Å². The van der Waals surface area contributed by atoms with Gasteiger partial charge < -0.3 is 10.1 Å². The van der Waals surface area contributed by atoms with E-state index in [1.807, 2.05) is 0 Å². The van der Waals surface area contributed by atoms with E-state index >= 15 is 0 Å². The first-order valence-electron chi connectivity index (χ1n) is 6.69. The van der Waals surface area contributed by atoms with Crippen LogP contribution < -0.4 is 5.32 Å². The zero-order valence-electron chi connectivity index (χ0n) is 11.2. The van der Waals surface area contributed by atoms with E-state index in [9.17, 15) is 4.79 Å². The van der Waals surface area contributed by atoms with Crippen molar-refractivity contribution in [1.29, 1.82) is 0 Å². The van der Waals surface area contributed by atoms with Crippen LogP contribution in [-0.4, -0.2) is 50.2 Å². The molecule has 4 nitrogen and oxygen atoms in total. The van der Waals surface area contributed by atoms with Crippen LogP contribution in [0.25, 0.3) is 0 Å². The standard InChI is InChI=1S/C14H18BrClN2O2/c15-12-8-11(9-13(16)10-12)14(19)17-2-1-3-18-4-6-20-7-5-18/h8-10H,1-7H2,(H,17,19). The van der Waals surface area contributed by atoms with E-state index < -0.39 is 0 Å². The largest absolute Gasteiger partial charge is 0.379 e. The maximum absolute atomic E-state index is 12.0. The third kappa shape index (κ3) is 5.05. The van der Waals surface area contributed by atoms with Gasteiger partial charge >= 0.3 is 0 Å². The molecule has 20 heavy (non-hydrogen) atoms. The summed E-state index contributed by atoms with van der Waals surface area (Å²) in [6, 6.07) is 5.20. The molecule has 1 aliphatic heterocycles. The Balaban J connectivity index is 1.71. The van der Waals surface area contributed by atoms with Crippen LogP contribution in [0.2, 0.25) is 5.02 Å². The average molecular weight is 362 g/mol. The van der Waals surface area contributed by atoms with Crippen LogP contribution >= 0.6 is 27.5 Å². The van der Waals surface area contributed by atoms with Gasteiger partial charge in [0.1, 0.15) is 0 Å². The molecule has 1 aliphatic rings. The van der Waals surface area contributed by atoms with Crippen molar-refractivity contribution in [1.82, 2.24) is 10.2 Å². The second-order valence-electron chi connectivity index (χ2n) is 4.72. The Kier molecular flexibility index (Phi) is 6.29. The summed E-state index contributed by atoms with van der Waals surface area (Å²) in [5, 5.41) is 3.47. The van der Waals surface area contributed by atoms with Crippen molar-refractivity contribution < 1.29 is 9.53 Å². The van der Waals surface area contributed by atoms with E-state index in [0.29, 0.717) is 17.1 Å². The lowest BCUT2D eigenvalue weighted by Gasteiger charge is -2.26. The first kappa shape index (κ1) is 15.8. The molecule has 2 rings (SSSR count). The summed E-state index contributed by atoms with van der Waals surface area (Å²) in [7, 11) is 0. The highest BCUT2D eigenvalue weighted by molar-refractivity contribution is 9.10. The number of amides is 1. The van der Waals surface area contributed by atoms with Crippen LogP contribution in [-0.2, 0) is 4.74 Å². The predicted molar refractivity (Wildman–Crippen MR) is 83.4 cm³/mol. The number of nitrogens with zero attached hydrogens (tertiary/aromatic N) is 1. The van der Waals surface area contributed by atoms with Gasteiger partial charge in [0.25, 0.3) is 5.91 Å². The Labute approximate surface area is 132 Å². The molecule has 0 bridgehead atoms. The van der Waals surface area contributed by atoms with Crippen LogP contribution in [0.15, 0.2) is 22.7 Å². The number of benzene rings is 1. The van der Waals surface area contributed by atoms with Crippen molar-refractivity contribution in [3.8, 4) is 0 Å². The zero-order valence-corrected chi connectivity index (χ0v) is 13.5. The molecule has 1 saturated heterocycles. The lowest BCUT2D eigenvalue weighted by Crippen LogP contribution is -2.38. The van der Waals surface area contributed by atoms with Gasteiger partial charge in [0.15, 0.2) is 0 Å². The van der Waals surface area contributed by atoms with E-state index in [-0.39, 0.29) is 5.91 Å². The Bertz CT molecular complexity index is 444. The second kappa shape index (κ2) is 7.98. The molecule has 0 aliphatic carbocycles. The number of hydrogen-bond donors (Lipinski definition) is 1. The third-order valence-corrected chi connectivity index (χ3v) is 3.84. The Morgan fingerprint density at radius 1 is 1.35 bits per heavy atom. The molecule has 1 amide bonds. The molecule has 6 heteroatoms. The highest BCUT2D eigenvalue weighted by atomic mass is 79.9. The van der Waals surface area contributed by atoms with Gasteiger partial charge in [-0.2, -0.15) is 0 Å². The summed E-state index contributed by atoms with van der Waals surface area (Å²) >= 11 is 9.26. The lowest BCUT2D eigenvalue weighted by atomic mass is 10.2. The molecule has 0 saturated carbocycles. The minimum atomic E-state index is -0.0878. The van der Waals surface area contributed by atoms with E-state index in [1.165, 1.54) is 0 Å². The highest BCUT2D eigenvalue weighted by Crippen LogP contribution is 2.19. The van der Waals surface area contributed by atoms with Gasteiger partial charge in [-0.1, -0.05) is 27.5 Å². The van der Waals surface area contributed by atoms with Gasteiger partial charge in [-0.05, 0) is 31.2 Å². The first-order valence-corrected chi connectivity index (χ1v) is 7.86. The number of carbonyl (C=O) groups excluding carboxylic acids is 1. The maximum atomic E-state index is 12.0. The fourth-order valence-electron chi connectivity index (χ4n) is 2.12. The second-order valence-corrected chi connectivity index (χ2v) is 6.07. The molecule has 1 aromatic rings. The van der Waals surface area contributed by atoms with Gasteiger partial charge in [0.05, 0.1) is 13.2 Å². The van der Waals surface area contributed by atoms with Crippen molar-refractivity contribution in [2.75, 3.05) is 39.4 Å². The van der Waals surface area contributed by atoms with Crippen molar-refractivity contribution in [3.05, 3.63) is 33.3 Å². The van der Waals surface area contributed by atoms with Gasteiger partial charge in [-0.3, -0.25) is 9.69 Å². The number of carbonyl (C=O) groups is 1. The van der Waals surface area contributed by atoms with Gasteiger partial charge in [-0.25, -0.2) is 0 Å². The molecule has 110 valence electrons. The summed E-state index contributed by atoms with van der Waals surface area (Å²) in [5.41, 5.74) is 0.579. The number of rotatable bonds is 5. The summed E-state index contributed by atoms with van der Waals surface area (Å²) in [5.74, 6) is -0.0878. The number of ether oxygens (including phenoxy) is 1. The number of morpholine rings is 1. The quantitative estimate of drug-likeness (QED) is 0.820. The summed E-state index contributed by atoms with van der Waals surface area (Å²) in [6.45, 7) is 5.24. The van der Waals surface area contributed by atoms with Crippen molar-refractivity contribution in [2.24, 2.45) is 0 Å². The minimum Gasteiger partial charge on any atom is -0.379 e. The smallest absolute Gasteiger partial charge is 0.251 e. The molecule has 1 N–H and O–H groups in total. The van der Waals surface area contributed by atoms with E-state index in [2.05, 4.69) is 26.1 Å². The fraction of sp³-hybridized carbons (Fsp3) is 0.500. The van der Waals surface area contributed by atoms with Gasteiger partial charge in [0, 0.05) is 34.7 Å². The number of halogens is 2. The van der Waals surface area contributed by atoms with E-state index in [0.717, 1.165) is 43.7 Å². The van der Waals surface area contributed by atoms with Crippen LogP contribution in [0, 0.1) is 0 Å². The lowest BCUT2D eigenvalue weighted by molar-refractivity contribution is 0.0374. The van der Waals surface area contributed by atoms with Crippen LogP contribution in [0.4, 0.5) is 0 Å². The van der Waals surface area contributed by atoms with Crippen LogP contribution in [0.3, 0.4) is 0 Å². The molecule has 0 spiro atoms. The zero-order chi connectivity index (χ0) is 14.4. The Morgan fingerprint density at radius 2 is 2.10 bits per heavy atom. The normalized spacial score (nSPS) is 16.1. The molecule has 0 unspecified atom stereocenters. The summed E-state index contributed by atoms with van der Waals surface area (Å²) in [4.78, 5) is 14.3. The molecular weight excluding hydrogens is 344 g/mol. The molecule has 0 aromatic heterocycles. The average Bonchev–Trinajstić information content (AvgIpc) is 2.43. The van der Waals surface area contributed by atoms with Crippen molar-refractivity contribution >= 4 is 33.4 Å². The Hall–Kier alpha value is -0.620. The molecule has 1 fully saturated rings. The molecular formula is C14H18BrClN2O2. The minimum absolute atomic E-state index is 0.0878. The highest BCUT2D eigenvalue weighted by Gasteiger charge is 2.10. The molecule has 1 aromatic carbocycles. The predicted octanol–water partition coefficient (Wildman–Crippen LogP) is 2.55. The van der Waals surface area contributed by atoms with Crippen molar-refractivity contribution in [2.45, 2.75) is 6.42 Å². The Morgan fingerprint density at radius 3 is 2.80 bits per heavy atom. The topological polar surface area (TPSA) is 41.6 Å². The van der Waals surface area contributed by atoms with E-state index in [4.69, 9.17) is 16.3 Å². The maximum Gasteiger partial charge on any atom is 0.251 e. The first-order chi connectivity index (χ1) is 9.65. The summed E-state index contributed by atoms with van der Waals surface area (Å²) < 4.78 is 6.10. The third-order valence-electron chi connectivity index (χ3n) is 3.17. The number of hydrogen-bond acceptors (Lipinski definition) is 3. The van der Waals surface area contributed by atoms with Gasteiger partial charge in [0.2, 0.25) is 0 Å². The fourth-order valence-corrected chi connectivity index (χ4v) is 2.98. The molecule has 0 atom stereocenters. The monoisotopic (exact) mass is 360 g/mol. The molecule has 1 heterocycles. The SMILES string of the molecule is O=C(NCCCN1CCOCC1)c1cc(Cl)cc(Br)c1. The number of nitrogens with one attached hydrogen (secondary N) is 1. The van der Waals surface area contributed by atoms with Gasteiger partial charge in [-0.15, -0.1) is 0 Å². The van der Waals surface area contributed by atoms with E-state index in [1.54, 1.807) is 18.2 Å². The molecule has 0 radical (unpaired) electrons. The van der Waals surface area contributed by atoms with Crippen LogP contribution in [0.1, 0.15) is 16.8 Å². The summed E-state index contributed by atoms with van der Waals surface area (Å²) in [6.07, 6.45) is 0.938. The van der Waals surface area contributed by atoms with Crippen LogP contribution in [0.5, 0.6) is 0 Å².